The van der Waals surface area contributed by atoms with Crippen molar-refractivity contribution in [1.82, 2.24) is 30.9 Å². The summed E-state index contributed by atoms with van der Waals surface area (Å²) in [5, 5.41) is 30.4. The van der Waals surface area contributed by atoms with E-state index in [1.807, 2.05) is 75.4 Å². The van der Waals surface area contributed by atoms with Crippen LogP contribution in [0.5, 0.6) is 11.5 Å². The molecule has 4 amide bonds. The van der Waals surface area contributed by atoms with Gasteiger partial charge in [-0.1, -0.05) is 72.8 Å². The summed E-state index contributed by atoms with van der Waals surface area (Å²) < 4.78 is 26.0. The number of carboxylic acid groups (broad SMARTS) is 1. The third-order valence-corrected chi connectivity index (χ3v) is 15.7. The number of benzene rings is 5. The van der Waals surface area contributed by atoms with Gasteiger partial charge in [-0.15, -0.1) is 0 Å². The number of fused-ring (bicyclic) bond motifs is 4. The van der Waals surface area contributed by atoms with Crippen molar-refractivity contribution in [3.05, 3.63) is 147 Å². The van der Waals surface area contributed by atoms with Gasteiger partial charge in [-0.25, -0.2) is 9.59 Å². The monoisotopic (exact) mass is 1100 g/mol. The van der Waals surface area contributed by atoms with E-state index in [1.165, 1.54) is 31.0 Å². The molecule has 0 spiro atoms. The largest absolute Gasteiger partial charge is 0.487 e. The van der Waals surface area contributed by atoms with Crippen molar-refractivity contribution in [2.24, 2.45) is 5.73 Å². The second kappa shape index (κ2) is 26.8. The summed E-state index contributed by atoms with van der Waals surface area (Å²) in [4.78, 5) is 71.6. The van der Waals surface area contributed by atoms with E-state index in [4.69, 9.17) is 30.1 Å². The molecule has 19 heteroatoms. The van der Waals surface area contributed by atoms with E-state index in [2.05, 4.69) is 46.8 Å². The van der Waals surface area contributed by atoms with Crippen LogP contribution < -0.4 is 41.2 Å². The molecule has 2 aliphatic rings. The standard InChI is InChI=1S/C60H74N8O10S/c1-35-29-40(23-26-51(35)77-34-75-8)30-49(66-59(74)76-33-47-44-17-11-9-15-42(44)43-16-10-12-18-45(43)47)56(71)68(7)50(20-14-27-63-54(69)41-24-21-39(32-61)22-25-41)55(70)65-48(57(72)73)19-13-28-64-58(62)67-79-53-37(3)36(2)52-46(38(53)4)31-60(5,6)78-52/h9-12,15-18,21-26,29,47-50H,13-14,19-20,27-28,30-34,61H2,1-8H3,(H,63,69)(H,65,70)(H,66,74)(H,72,73)(H3,62,64,67). The number of carbonyl (C=O) groups excluding carboxylic acids is 4. The molecule has 79 heavy (non-hydrogen) atoms. The van der Waals surface area contributed by atoms with Gasteiger partial charge in [0.2, 0.25) is 11.8 Å². The molecule has 3 atom stereocenters. The van der Waals surface area contributed by atoms with Crippen LogP contribution in [0.3, 0.4) is 0 Å². The van der Waals surface area contributed by atoms with Crippen LogP contribution in [0, 0.1) is 33.1 Å². The van der Waals surface area contributed by atoms with E-state index in [-0.39, 0.29) is 82.0 Å². The number of likely N-dealkylation sites (N-methyl/N-ethyl adjacent to an activating group) is 1. The SMILES string of the molecule is COCOc1ccc(CC(NC(=O)OCC2c3ccccc3-c3ccccc32)C(=O)N(C)C(CCCNC(=O)c2ccc(CN)cc2)C(=O)NC(CCCNC(=N)NSc2c(C)c(C)c3c(c2C)CC(C)(C)O3)C(=O)O)cc1C. The first-order valence-electron chi connectivity index (χ1n) is 26.6. The molecule has 0 saturated heterocycles. The number of hydrogen-bond acceptors (Lipinski definition) is 12. The van der Waals surface area contributed by atoms with Crippen molar-refractivity contribution >= 4 is 47.7 Å². The summed E-state index contributed by atoms with van der Waals surface area (Å²) in [6.07, 6.45) is 0.374. The average molecular weight is 1100 g/mol. The summed E-state index contributed by atoms with van der Waals surface area (Å²) in [7, 11) is 2.95. The predicted octanol–water partition coefficient (Wildman–Crippen LogP) is 7.73. The first-order valence-corrected chi connectivity index (χ1v) is 27.4. The fraction of sp³-hybridized carbons (Fsp3) is 0.400. The molecule has 0 saturated carbocycles. The highest BCUT2D eigenvalue weighted by Gasteiger charge is 2.37. The Morgan fingerprint density at radius 1 is 0.835 bits per heavy atom. The van der Waals surface area contributed by atoms with Crippen LogP contribution in [0.15, 0.2) is 95.9 Å². The number of aryl methyl sites for hydroxylation is 1. The number of aliphatic carboxylic acids is 1. The van der Waals surface area contributed by atoms with Gasteiger partial charge in [0, 0.05) is 68.6 Å². The molecule has 3 unspecified atom stereocenters. The van der Waals surface area contributed by atoms with E-state index < -0.39 is 42.0 Å². The zero-order valence-electron chi connectivity index (χ0n) is 46.3. The van der Waals surface area contributed by atoms with Crippen molar-refractivity contribution in [1.29, 1.82) is 5.41 Å². The Morgan fingerprint density at radius 2 is 1.48 bits per heavy atom. The number of nitrogens with zero attached hydrogens (tertiary/aromatic N) is 1. The zero-order valence-corrected chi connectivity index (χ0v) is 47.1. The summed E-state index contributed by atoms with van der Waals surface area (Å²) in [6, 6.07) is 24.2. The number of hydrogen-bond donors (Lipinski definition) is 8. The first-order chi connectivity index (χ1) is 37.8. The van der Waals surface area contributed by atoms with E-state index in [0.717, 1.165) is 72.7 Å². The molecular formula is C60H74N8O10S. The predicted molar refractivity (Wildman–Crippen MR) is 304 cm³/mol. The van der Waals surface area contributed by atoms with E-state index in [1.54, 1.807) is 36.4 Å². The Labute approximate surface area is 466 Å². The minimum Gasteiger partial charge on any atom is -0.487 e. The van der Waals surface area contributed by atoms with Gasteiger partial charge in [-0.05, 0) is 153 Å². The maximum absolute atomic E-state index is 15.0. The number of rotatable bonds is 25. The Kier molecular flexibility index (Phi) is 20.1. The van der Waals surface area contributed by atoms with Gasteiger partial charge < -0.3 is 56.0 Å². The fourth-order valence-electron chi connectivity index (χ4n) is 10.2. The number of carbonyl (C=O) groups is 5. The molecule has 0 aromatic heterocycles. The lowest BCUT2D eigenvalue weighted by Crippen LogP contribution is -2.57. The van der Waals surface area contributed by atoms with Crippen LogP contribution >= 0.6 is 11.9 Å². The van der Waals surface area contributed by atoms with Crippen LogP contribution in [0.25, 0.3) is 11.1 Å². The minimum absolute atomic E-state index is 0.00461. The number of methoxy groups -OCH3 is 1. The summed E-state index contributed by atoms with van der Waals surface area (Å²) in [6.45, 7) is 12.8. The Balaban J connectivity index is 1.04. The lowest BCUT2D eigenvalue weighted by Gasteiger charge is -2.32. The molecule has 0 fully saturated rings. The highest BCUT2D eigenvalue weighted by atomic mass is 32.2. The number of nitrogens with two attached hydrogens (primary N) is 1. The summed E-state index contributed by atoms with van der Waals surface area (Å²) in [5.74, 6) is -1.76. The molecule has 1 heterocycles. The molecule has 9 N–H and O–H groups in total. The smallest absolute Gasteiger partial charge is 0.407 e. The fourth-order valence-corrected chi connectivity index (χ4v) is 11.1. The number of guanidine groups is 1. The zero-order chi connectivity index (χ0) is 57.0. The lowest BCUT2D eigenvalue weighted by molar-refractivity contribution is -0.145. The molecule has 1 aliphatic carbocycles. The van der Waals surface area contributed by atoms with E-state index in [0.29, 0.717) is 23.4 Å². The second-order valence-corrected chi connectivity index (χ2v) is 21.6. The van der Waals surface area contributed by atoms with Gasteiger partial charge in [0.25, 0.3) is 5.91 Å². The number of ether oxygens (including phenoxy) is 4. The number of nitrogens with one attached hydrogen (secondary N) is 6. The quantitative estimate of drug-likeness (QED) is 0.00915. The topological polar surface area (TPSA) is 256 Å². The van der Waals surface area contributed by atoms with Gasteiger partial charge >= 0.3 is 12.1 Å². The Hall–Kier alpha value is -7.61. The Morgan fingerprint density at radius 3 is 2.13 bits per heavy atom. The normalized spacial score (nSPS) is 14.0. The van der Waals surface area contributed by atoms with Gasteiger partial charge in [0.15, 0.2) is 12.8 Å². The second-order valence-electron chi connectivity index (χ2n) is 20.7. The maximum atomic E-state index is 15.0. The maximum Gasteiger partial charge on any atom is 0.407 e. The third kappa shape index (κ3) is 14.8. The van der Waals surface area contributed by atoms with Crippen molar-refractivity contribution in [3.63, 3.8) is 0 Å². The number of carboxylic acids is 1. The minimum atomic E-state index is -1.37. The number of amides is 4. The highest BCUT2D eigenvalue weighted by molar-refractivity contribution is 7.98. The molecule has 7 rings (SSSR count). The molecular weight excluding hydrogens is 1020 g/mol. The van der Waals surface area contributed by atoms with E-state index >= 15 is 0 Å². The lowest BCUT2D eigenvalue weighted by atomic mass is 9.94. The van der Waals surface area contributed by atoms with Gasteiger partial charge in [-0.3, -0.25) is 24.5 Å². The Bertz CT molecular complexity index is 3000. The molecule has 5 aromatic carbocycles. The van der Waals surface area contributed by atoms with Crippen molar-refractivity contribution in [3.8, 4) is 22.6 Å². The first kappa shape index (κ1) is 59.1. The average Bonchev–Trinajstić information content (AvgIpc) is 4.09. The van der Waals surface area contributed by atoms with Crippen molar-refractivity contribution < 1.29 is 48.0 Å². The van der Waals surface area contributed by atoms with E-state index in [9.17, 15) is 29.1 Å². The van der Waals surface area contributed by atoms with Crippen LogP contribution in [-0.2, 0) is 43.2 Å². The highest BCUT2D eigenvalue weighted by Crippen LogP contribution is 2.46. The van der Waals surface area contributed by atoms with Gasteiger partial charge in [0.05, 0.1) is 0 Å². The molecule has 420 valence electrons. The van der Waals surface area contributed by atoms with Gasteiger partial charge in [-0.2, -0.15) is 0 Å². The van der Waals surface area contributed by atoms with Crippen LogP contribution in [-0.4, -0.2) is 110 Å². The summed E-state index contributed by atoms with van der Waals surface area (Å²) in [5.41, 5.74) is 16.6. The van der Waals surface area contributed by atoms with Crippen LogP contribution in [0.1, 0.15) is 106 Å². The van der Waals surface area contributed by atoms with Crippen LogP contribution in [0.4, 0.5) is 4.79 Å². The third-order valence-electron chi connectivity index (χ3n) is 14.6. The van der Waals surface area contributed by atoms with Crippen LogP contribution in [0.2, 0.25) is 0 Å². The summed E-state index contributed by atoms with van der Waals surface area (Å²) >= 11 is 1.33. The molecule has 5 aromatic rings. The molecule has 0 bridgehead atoms. The molecule has 1 aliphatic heterocycles. The van der Waals surface area contributed by atoms with Crippen molar-refractivity contribution in [2.45, 2.75) is 121 Å². The molecule has 18 nitrogen and oxygen atoms in total. The van der Waals surface area contributed by atoms with Crippen molar-refractivity contribution in [2.75, 3.05) is 40.6 Å². The molecule has 0 radical (unpaired) electrons. The number of alkyl carbamates (subject to hydrolysis) is 1. The van der Waals surface area contributed by atoms with Gasteiger partial charge in [0.1, 0.15) is 41.8 Å².